The minimum Gasteiger partial charge on any atom is -0.306 e. The van der Waals surface area contributed by atoms with E-state index in [0.717, 1.165) is 5.39 Å². The molecule has 2 amide bonds. The summed E-state index contributed by atoms with van der Waals surface area (Å²) < 4.78 is 1.49. The molecular weight excluding hydrogens is 764 g/mol. The van der Waals surface area contributed by atoms with Crippen molar-refractivity contribution in [2.24, 2.45) is 0 Å². The average molecular weight is 792 g/mol. The second kappa shape index (κ2) is 16.4. The van der Waals surface area contributed by atoms with Crippen LogP contribution in [0.2, 0.25) is 10.0 Å². The normalized spacial score (nSPS) is 12.0. The molecule has 0 saturated carbocycles. The summed E-state index contributed by atoms with van der Waals surface area (Å²) >= 11 is 15.3. The Morgan fingerprint density at radius 2 is 1.13 bits per heavy atom. The fraction of sp³-hybridized carbons (Fsp3) is 0.105. The number of carbonyl (C=O) groups excluding carboxylic acids is 2. The molecule has 5 heterocycles. The lowest BCUT2D eigenvalue weighted by molar-refractivity contribution is 0.0649. The molecule has 3 aromatic carbocycles. The molecule has 1 N–H and O–H groups in total. The summed E-state index contributed by atoms with van der Waals surface area (Å²) in [6.45, 7) is 0.121. The number of aromatic amines is 1. The van der Waals surface area contributed by atoms with Gasteiger partial charge < -0.3 is 4.98 Å². The van der Waals surface area contributed by atoms with Crippen LogP contribution >= 0.6 is 46.7 Å². The quantitative estimate of drug-likeness (QED) is 0.0768. The van der Waals surface area contributed by atoms with E-state index in [1.807, 2.05) is 30.7 Å². The van der Waals surface area contributed by atoms with Crippen LogP contribution in [0.25, 0.3) is 44.3 Å². The van der Waals surface area contributed by atoms with E-state index in [0.29, 0.717) is 70.4 Å². The van der Waals surface area contributed by atoms with Gasteiger partial charge in [-0.25, -0.2) is 19.9 Å². The molecule has 1 aliphatic heterocycles. The van der Waals surface area contributed by atoms with Gasteiger partial charge in [-0.05, 0) is 48.9 Å². The molecule has 4 aromatic heterocycles. The number of thioether (sulfide) groups is 2. The number of fused-ring (bicyclic) bond motifs is 3. The first-order valence-corrected chi connectivity index (χ1v) is 19.2. The number of nitrogens with zero attached hydrogens (tertiary/aromatic N) is 6. The van der Waals surface area contributed by atoms with Gasteiger partial charge in [0.2, 0.25) is 0 Å². The molecule has 0 bridgehead atoms. The Bertz CT molecular complexity index is 2680. The van der Waals surface area contributed by atoms with Gasteiger partial charge in [0.25, 0.3) is 22.9 Å². The van der Waals surface area contributed by atoms with Crippen LogP contribution < -0.4 is 11.1 Å². The number of aromatic nitrogens is 6. The predicted molar refractivity (Wildman–Crippen MR) is 216 cm³/mol. The number of rotatable bonds is 7. The molecule has 0 atom stereocenters. The van der Waals surface area contributed by atoms with Crippen LogP contribution in [0.1, 0.15) is 20.7 Å². The predicted octanol–water partition coefficient (Wildman–Crippen LogP) is 7.11. The molecule has 11 nitrogen and oxygen atoms in total. The van der Waals surface area contributed by atoms with Crippen LogP contribution in [0.3, 0.4) is 0 Å². The van der Waals surface area contributed by atoms with E-state index < -0.39 is 0 Å². The topological polar surface area (TPSA) is 144 Å². The summed E-state index contributed by atoms with van der Waals surface area (Å²) in [5.74, 6) is -0.732. The lowest BCUT2D eigenvalue weighted by atomic mass is 10.1. The Hall–Kier alpha value is -5.28. The van der Waals surface area contributed by atoms with Gasteiger partial charge in [-0.15, -0.1) is 0 Å². The number of hydrogen-bond acceptors (Lipinski definition) is 10. The van der Waals surface area contributed by atoms with Gasteiger partial charge in [-0.3, -0.25) is 28.6 Å². The standard InChI is InChI=1S/C24H17ClN4O3S.C14H10ClN3OS.B/c1-33-24-26-13-14-12-18(15-6-4-5-9-19(15)25)23(32)28(20(14)27-24)10-11-29-21(30)16-7-2-3-8-17(16)22(29)31;1-20-14-16-7-8-6-10(13(19)17-12(8)18-14)9-4-2-3-5-11(9)15;/h2-9,12-13H,10-11H2,1H3;2-7H,1H3,(H,16,17,18,19);. The fourth-order valence-corrected chi connectivity index (χ4v) is 7.07. The van der Waals surface area contributed by atoms with Crippen molar-refractivity contribution in [3.8, 4) is 22.3 Å². The van der Waals surface area contributed by atoms with Crippen molar-refractivity contribution in [1.82, 2.24) is 34.4 Å². The zero-order valence-corrected chi connectivity index (χ0v) is 31.8. The molecule has 267 valence electrons. The molecule has 1 aliphatic rings. The number of carbonyl (C=O) groups is 2. The van der Waals surface area contributed by atoms with Crippen LogP contribution in [0.5, 0.6) is 0 Å². The monoisotopic (exact) mass is 790 g/mol. The molecule has 7 aromatic rings. The van der Waals surface area contributed by atoms with Crippen molar-refractivity contribution in [1.29, 1.82) is 0 Å². The number of nitrogens with one attached hydrogen (secondary N) is 1. The van der Waals surface area contributed by atoms with Crippen LogP contribution in [0, 0.1) is 0 Å². The molecule has 8 rings (SSSR count). The van der Waals surface area contributed by atoms with E-state index in [1.54, 1.807) is 79.1 Å². The van der Waals surface area contributed by atoms with Gasteiger partial charge in [-0.1, -0.05) is 95.3 Å². The van der Waals surface area contributed by atoms with Crippen molar-refractivity contribution < 1.29 is 9.59 Å². The minimum atomic E-state index is -0.366. The number of pyridine rings is 2. The summed E-state index contributed by atoms with van der Waals surface area (Å²) in [5, 5.41) is 3.56. The van der Waals surface area contributed by atoms with Gasteiger partial charge in [0.1, 0.15) is 11.3 Å². The highest BCUT2D eigenvalue weighted by molar-refractivity contribution is 7.98. The summed E-state index contributed by atoms with van der Waals surface area (Å²) in [5.41, 5.74) is 3.40. The van der Waals surface area contributed by atoms with E-state index in [4.69, 9.17) is 23.2 Å². The third kappa shape index (κ3) is 7.42. The van der Waals surface area contributed by atoms with E-state index >= 15 is 0 Å². The third-order valence-electron chi connectivity index (χ3n) is 8.49. The van der Waals surface area contributed by atoms with Crippen molar-refractivity contribution in [3.05, 3.63) is 139 Å². The minimum absolute atomic E-state index is 0. The number of imide groups is 1. The van der Waals surface area contributed by atoms with Crippen molar-refractivity contribution in [2.75, 3.05) is 19.1 Å². The highest BCUT2D eigenvalue weighted by Crippen LogP contribution is 2.29. The molecule has 0 unspecified atom stereocenters. The van der Waals surface area contributed by atoms with Crippen LogP contribution in [-0.4, -0.2) is 73.7 Å². The highest BCUT2D eigenvalue weighted by atomic mass is 35.5. The van der Waals surface area contributed by atoms with Gasteiger partial charge in [0.15, 0.2) is 10.3 Å². The fourth-order valence-electron chi connectivity index (χ4n) is 5.92. The maximum Gasteiger partial charge on any atom is 0.261 e. The van der Waals surface area contributed by atoms with Crippen molar-refractivity contribution >= 4 is 89.0 Å². The average Bonchev–Trinajstić information content (AvgIpc) is 3.42. The first-order valence-electron chi connectivity index (χ1n) is 16.0. The van der Waals surface area contributed by atoms with Gasteiger partial charge >= 0.3 is 0 Å². The Kier molecular flexibility index (Phi) is 11.7. The Labute approximate surface area is 328 Å². The zero-order chi connectivity index (χ0) is 37.2. The first kappa shape index (κ1) is 38.4. The summed E-state index contributed by atoms with van der Waals surface area (Å²) in [4.78, 5) is 72.6. The highest BCUT2D eigenvalue weighted by Gasteiger charge is 2.35. The van der Waals surface area contributed by atoms with E-state index in [2.05, 4.69) is 24.9 Å². The molecule has 0 fully saturated rings. The van der Waals surface area contributed by atoms with E-state index in [9.17, 15) is 19.2 Å². The number of hydrogen-bond donors (Lipinski definition) is 1. The molecular formula is C38H27BCl2N7O4S2. The Morgan fingerprint density at radius 1 is 0.630 bits per heavy atom. The number of benzene rings is 3. The van der Waals surface area contributed by atoms with Crippen LogP contribution in [-0.2, 0) is 6.54 Å². The maximum atomic E-state index is 13.6. The Balaban J connectivity index is 0.000000203. The SMILES string of the molecule is CSc1ncc2cc(-c3ccccc3Cl)c(=O)[nH]c2n1.CSc1ncc2cc(-c3ccccc3Cl)c(=O)n(CCN3C(=O)c4ccccc4C3=O)c2n1.[B]. The molecule has 0 saturated heterocycles. The van der Waals surface area contributed by atoms with Gasteiger partial charge in [-0.2, -0.15) is 0 Å². The van der Waals surface area contributed by atoms with Crippen LogP contribution in [0.4, 0.5) is 0 Å². The van der Waals surface area contributed by atoms with Crippen molar-refractivity contribution in [2.45, 2.75) is 16.9 Å². The van der Waals surface area contributed by atoms with E-state index in [1.165, 1.54) is 33.0 Å². The molecule has 16 heteroatoms. The molecule has 3 radical (unpaired) electrons. The smallest absolute Gasteiger partial charge is 0.261 e. The first-order chi connectivity index (χ1) is 25.7. The van der Waals surface area contributed by atoms with Crippen LogP contribution in [0.15, 0.2) is 117 Å². The lowest BCUT2D eigenvalue weighted by Gasteiger charge is -2.17. The van der Waals surface area contributed by atoms with Gasteiger partial charge in [0.05, 0.1) is 11.1 Å². The third-order valence-corrected chi connectivity index (χ3v) is 10.3. The second-order valence-corrected chi connectivity index (χ2v) is 14.0. The molecule has 0 spiro atoms. The van der Waals surface area contributed by atoms with Gasteiger partial charge in [0, 0.05) is 77.0 Å². The largest absolute Gasteiger partial charge is 0.306 e. The van der Waals surface area contributed by atoms with E-state index in [-0.39, 0.29) is 44.4 Å². The summed E-state index contributed by atoms with van der Waals surface area (Å²) in [6, 6.07) is 24.5. The summed E-state index contributed by atoms with van der Waals surface area (Å²) in [6.07, 6.45) is 7.09. The second-order valence-electron chi connectivity index (χ2n) is 11.6. The number of halogens is 2. The number of amides is 2. The zero-order valence-electron chi connectivity index (χ0n) is 28.6. The molecule has 0 aliphatic carbocycles. The molecule has 54 heavy (non-hydrogen) atoms. The lowest BCUT2D eigenvalue weighted by Crippen LogP contribution is -2.35. The summed E-state index contributed by atoms with van der Waals surface area (Å²) in [7, 11) is 0. The Morgan fingerprint density at radius 3 is 1.70 bits per heavy atom. The van der Waals surface area contributed by atoms with Crippen molar-refractivity contribution in [3.63, 3.8) is 0 Å². The maximum absolute atomic E-state index is 13.6. The number of H-pyrrole nitrogens is 1.